The smallest absolute Gasteiger partial charge is 0.331 e. The van der Waals surface area contributed by atoms with Crippen LogP contribution in [0.3, 0.4) is 0 Å². The Morgan fingerprint density at radius 2 is 1.88 bits per heavy atom. The second-order valence-corrected chi connectivity index (χ2v) is 11.3. The van der Waals surface area contributed by atoms with Crippen LogP contribution in [0.15, 0.2) is 11.6 Å². The molecule has 4 fully saturated rings. The quantitative estimate of drug-likeness (QED) is 0.251. The molecule has 0 aromatic carbocycles. The fraction of sp³-hybridized carbons (Fsp3) is 0.870. The number of carbonyl (C=O) groups excluding carboxylic acids is 1. The number of hydrogen-bond donors (Lipinski definition) is 7. The molecule has 5 rings (SSSR count). The van der Waals surface area contributed by atoms with Gasteiger partial charge in [0, 0.05) is 35.8 Å². The number of rotatable bonds is 2. The van der Waals surface area contributed by atoms with E-state index < -0.39 is 70.3 Å². The molecule has 32 heavy (non-hydrogen) atoms. The lowest BCUT2D eigenvalue weighted by Gasteiger charge is -2.69. The summed E-state index contributed by atoms with van der Waals surface area (Å²) in [7, 11) is 0. The van der Waals surface area contributed by atoms with Crippen molar-refractivity contribution in [2.24, 2.45) is 28.4 Å². The summed E-state index contributed by atoms with van der Waals surface area (Å²) in [5, 5.41) is 67.2. The highest BCUT2D eigenvalue weighted by Gasteiger charge is 2.77. The Bertz CT molecular complexity index is 865. The van der Waals surface area contributed by atoms with Crippen LogP contribution in [0, 0.1) is 22.7 Å². The Hall–Kier alpha value is -1.07. The lowest BCUT2D eigenvalue weighted by Crippen LogP contribution is -2.77. The van der Waals surface area contributed by atoms with E-state index in [1.54, 1.807) is 0 Å². The number of carbonyl (C=O) groups is 1. The zero-order valence-electron chi connectivity index (χ0n) is 18.4. The van der Waals surface area contributed by atoms with Crippen LogP contribution < -0.4 is 5.73 Å². The molecule has 8 N–H and O–H groups in total. The maximum absolute atomic E-state index is 12.2. The predicted molar refractivity (Wildman–Crippen MR) is 111 cm³/mol. The number of ether oxygens (including phenoxy) is 1. The van der Waals surface area contributed by atoms with Crippen molar-refractivity contribution in [3.05, 3.63) is 11.6 Å². The average Bonchev–Trinajstić information content (AvgIpc) is 3.23. The molecule has 0 bridgehead atoms. The summed E-state index contributed by atoms with van der Waals surface area (Å²) in [6, 6.07) is 0. The van der Waals surface area contributed by atoms with Gasteiger partial charge in [-0.3, -0.25) is 0 Å². The second kappa shape index (κ2) is 6.75. The molecule has 180 valence electrons. The van der Waals surface area contributed by atoms with Crippen LogP contribution in [0.1, 0.15) is 51.9 Å². The van der Waals surface area contributed by atoms with E-state index in [4.69, 9.17) is 10.5 Å². The zero-order valence-corrected chi connectivity index (χ0v) is 18.4. The fourth-order valence-electron chi connectivity index (χ4n) is 8.72. The lowest BCUT2D eigenvalue weighted by molar-refractivity contribution is -0.317. The van der Waals surface area contributed by atoms with Gasteiger partial charge in [-0.2, -0.15) is 0 Å². The maximum Gasteiger partial charge on any atom is 0.331 e. The molecule has 4 saturated carbocycles. The first-order chi connectivity index (χ1) is 14.9. The first-order valence-corrected chi connectivity index (χ1v) is 11.6. The van der Waals surface area contributed by atoms with Gasteiger partial charge in [-0.15, -0.1) is 0 Å². The van der Waals surface area contributed by atoms with E-state index in [-0.39, 0.29) is 32.3 Å². The predicted octanol–water partition coefficient (Wildman–Crippen LogP) is -1.29. The summed E-state index contributed by atoms with van der Waals surface area (Å²) in [5.41, 5.74) is 1.12. The van der Waals surface area contributed by atoms with Gasteiger partial charge in [0.15, 0.2) is 0 Å². The minimum atomic E-state index is -1.56. The molecule has 0 aromatic heterocycles. The van der Waals surface area contributed by atoms with E-state index in [1.165, 1.54) is 6.08 Å². The number of aliphatic hydroxyl groups is 6. The summed E-state index contributed by atoms with van der Waals surface area (Å²) < 4.78 is 5.10. The molecule has 5 aliphatic rings. The van der Waals surface area contributed by atoms with E-state index in [1.807, 2.05) is 6.92 Å². The number of esters is 1. The van der Waals surface area contributed by atoms with E-state index in [0.717, 1.165) is 0 Å². The van der Waals surface area contributed by atoms with Crippen LogP contribution in [0.4, 0.5) is 0 Å². The van der Waals surface area contributed by atoms with E-state index in [2.05, 4.69) is 0 Å². The van der Waals surface area contributed by atoms with Crippen molar-refractivity contribution in [2.75, 3.05) is 13.2 Å². The highest BCUT2D eigenvalue weighted by atomic mass is 16.5. The maximum atomic E-state index is 12.2. The Morgan fingerprint density at radius 1 is 1.16 bits per heavy atom. The van der Waals surface area contributed by atoms with Gasteiger partial charge in [0.25, 0.3) is 0 Å². The lowest BCUT2D eigenvalue weighted by atomic mass is 9.39. The van der Waals surface area contributed by atoms with Crippen LogP contribution in [-0.4, -0.2) is 84.9 Å². The molecular formula is C23H35NO8. The van der Waals surface area contributed by atoms with Gasteiger partial charge < -0.3 is 41.1 Å². The normalized spacial score (nSPS) is 57.3. The third kappa shape index (κ3) is 2.40. The molecule has 0 radical (unpaired) electrons. The number of aliphatic hydroxyl groups excluding tert-OH is 4. The summed E-state index contributed by atoms with van der Waals surface area (Å²) >= 11 is 0. The number of cyclic esters (lactones) is 1. The molecule has 0 saturated heterocycles. The van der Waals surface area contributed by atoms with E-state index in [0.29, 0.717) is 24.8 Å². The molecule has 0 unspecified atom stereocenters. The molecule has 10 atom stereocenters. The monoisotopic (exact) mass is 453 g/mol. The first-order valence-electron chi connectivity index (χ1n) is 11.6. The molecule has 1 aliphatic heterocycles. The molecule has 0 amide bonds. The Balaban J connectivity index is 1.61. The SMILES string of the molecule is C[C@]12C[C@@H](O)[C@H]3[C@@H](CC[C@]4(O)C[C@@H](O)C[C@@H](O)[C@]34CO)[C@@]1(O)CC[C@]2(N)C1=CC(=O)OC1. The average molecular weight is 454 g/mol. The number of nitrogens with two attached hydrogens (primary N) is 1. The van der Waals surface area contributed by atoms with E-state index >= 15 is 0 Å². The molecule has 1 heterocycles. The molecule has 4 aliphatic carbocycles. The second-order valence-electron chi connectivity index (χ2n) is 11.3. The third-order valence-corrected chi connectivity index (χ3v) is 10.4. The van der Waals surface area contributed by atoms with Crippen LogP contribution in [0.5, 0.6) is 0 Å². The van der Waals surface area contributed by atoms with Crippen molar-refractivity contribution in [1.82, 2.24) is 0 Å². The van der Waals surface area contributed by atoms with Gasteiger partial charge in [0.2, 0.25) is 0 Å². The topological polar surface area (TPSA) is 174 Å². The summed E-state index contributed by atoms with van der Waals surface area (Å²) in [5.74, 6) is -1.77. The highest BCUT2D eigenvalue weighted by molar-refractivity contribution is 5.86. The van der Waals surface area contributed by atoms with Crippen molar-refractivity contribution in [1.29, 1.82) is 0 Å². The Kier molecular flexibility index (Phi) is 4.79. The first kappa shape index (κ1) is 22.7. The molecular weight excluding hydrogens is 418 g/mol. The minimum Gasteiger partial charge on any atom is -0.458 e. The highest BCUT2D eigenvalue weighted by Crippen LogP contribution is 2.71. The molecule has 0 spiro atoms. The number of fused-ring (bicyclic) bond motifs is 5. The minimum absolute atomic E-state index is 0.00339. The standard InChI is InChI=1S/C23H35NO8/c1-19-9-15(27)18-14(2-3-20(30)8-13(26)7-16(28)21(18,20)11-25)23(19,31)5-4-22(19,24)12-6-17(29)32-10-12/h6,13-16,18,25-28,30-31H,2-5,7-11,24H2,1H3/t13-,14+,15+,16+,18+,19+,20-,21+,22-,23-/m0/s1. The third-order valence-electron chi connectivity index (χ3n) is 10.4. The van der Waals surface area contributed by atoms with Crippen LogP contribution >= 0.6 is 0 Å². The zero-order chi connectivity index (χ0) is 23.3. The molecule has 9 heteroatoms. The van der Waals surface area contributed by atoms with Crippen molar-refractivity contribution in [2.45, 2.75) is 86.9 Å². The fourth-order valence-corrected chi connectivity index (χ4v) is 8.72. The van der Waals surface area contributed by atoms with Crippen LogP contribution in [-0.2, 0) is 9.53 Å². The van der Waals surface area contributed by atoms with Gasteiger partial charge in [-0.05, 0) is 43.6 Å². The largest absolute Gasteiger partial charge is 0.458 e. The molecule has 0 aromatic rings. The van der Waals surface area contributed by atoms with Gasteiger partial charge in [-0.25, -0.2) is 4.79 Å². The van der Waals surface area contributed by atoms with Crippen molar-refractivity contribution in [3.63, 3.8) is 0 Å². The van der Waals surface area contributed by atoms with Crippen LogP contribution in [0.2, 0.25) is 0 Å². The van der Waals surface area contributed by atoms with Gasteiger partial charge >= 0.3 is 5.97 Å². The molecule has 9 nitrogen and oxygen atoms in total. The van der Waals surface area contributed by atoms with Gasteiger partial charge in [0.1, 0.15) is 6.61 Å². The van der Waals surface area contributed by atoms with Crippen molar-refractivity contribution >= 4 is 5.97 Å². The van der Waals surface area contributed by atoms with Crippen molar-refractivity contribution in [3.8, 4) is 0 Å². The van der Waals surface area contributed by atoms with Gasteiger partial charge in [-0.1, -0.05) is 6.92 Å². The van der Waals surface area contributed by atoms with Crippen molar-refractivity contribution < 1.29 is 40.2 Å². The number of hydrogen-bond acceptors (Lipinski definition) is 9. The summed E-state index contributed by atoms with van der Waals surface area (Å²) in [4.78, 5) is 11.8. The Morgan fingerprint density at radius 3 is 2.50 bits per heavy atom. The van der Waals surface area contributed by atoms with E-state index in [9.17, 15) is 35.4 Å². The summed E-state index contributed by atoms with van der Waals surface area (Å²) in [6.07, 6.45) is -0.477. The van der Waals surface area contributed by atoms with Gasteiger partial charge in [0.05, 0.1) is 41.5 Å². The van der Waals surface area contributed by atoms with Crippen LogP contribution in [0.25, 0.3) is 0 Å². The summed E-state index contributed by atoms with van der Waals surface area (Å²) in [6.45, 7) is 1.34. The Labute approximate surface area is 186 Å².